The maximum Gasteiger partial charge on any atom is 0.356 e. The van der Waals surface area contributed by atoms with Crippen LogP contribution in [0.5, 0.6) is 0 Å². The lowest BCUT2D eigenvalue weighted by Gasteiger charge is -2.37. The van der Waals surface area contributed by atoms with E-state index >= 15 is 0 Å². The lowest BCUT2D eigenvalue weighted by molar-refractivity contribution is 0.0691. The Morgan fingerprint density at radius 1 is 1.40 bits per heavy atom. The largest absolute Gasteiger partial charge is 0.476 e. The zero-order valence-electron chi connectivity index (χ0n) is 11.6. The highest BCUT2D eigenvalue weighted by atomic mass is 16.4. The van der Waals surface area contributed by atoms with Gasteiger partial charge in [-0.15, -0.1) is 0 Å². The standard InChI is InChI=1S/C15H19N3O2/c1-2-11-5-3-4-8-18(11)12-6-7-14-16-13(15(19)20)10-17(14)9-12/h6-7,9-11H,2-5,8H2,1H3,(H,19,20). The highest BCUT2D eigenvalue weighted by molar-refractivity contribution is 5.86. The van der Waals surface area contributed by atoms with E-state index in [0.717, 1.165) is 18.7 Å². The first kappa shape index (κ1) is 13.0. The molecule has 0 aromatic carbocycles. The van der Waals surface area contributed by atoms with Gasteiger partial charge in [0.2, 0.25) is 0 Å². The van der Waals surface area contributed by atoms with Crippen molar-refractivity contribution in [3.8, 4) is 0 Å². The van der Waals surface area contributed by atoms with Gasteiger partial charge in [0.1, 0.15) is 5.65 Å². The van der Waals surface area contributed by atoms with Crippen molar-refractivity contribution in [1.29, 1.82) is 0 Å². The van der Waals surface area contributed by atoms with Crippen molar-refractivity contribution < 1.29 is 9.90 Å². The molecule has 3 heterocycles. The summed E-state index contributed by atoms with van der Waals surface area (Å²) in [5.74, 6) is -0.986. The molecule has 0 aliphatic carbocycles. The van der Waals surface area contributed by atoms with Gasteiger partial charge in [0.15, 0.2) is 5.69 Å². The van der Waals surface area contributed by atoms with E-state index in [-0.39, 0.29) is 5.69 Å². The van der Waals surface area contributed by atoms with Crippen LogP contribution in [0.1, 0.15) is 43.1 Å². The minimum absolute atomic E-state index is 0.0906. The van der Waals surface area contributed by atoms with Gasteiger partial charge in [0.25, 0.3) is 0 Å². The van der Waals surface area contributed by atoms with Crippen LogP contribution in [0, 0.1) is 0 Å². The van der Waals surface area contributed by atoms with Crippen LogP contribution in [0.4, 0.5) is 5.69 Å². The summed E-state index contributed by atoms with van der Waals surface area (Å²) in [4.78, 5) is 17.5. The molecule has 3 rings (SSSR count). The summed E-state index contributed by atoms with van der Waals surface area (Å²) >= 11 is 0. The predicted molar refractivity (Wildman–Crippen MR) is 77.4 cm³/mol. The molecular weight excluding hydrogens is 254 g/mol. The van der Waals surface area contributed by atoms with E-state index in [0.29, 0.717) is 11.7 Å². The minimum Gasteiger partial charge on any atom is -0.476 e. The maximum atomic E-state index is 11.0. The van der Waals surface area contributed by atoms with Crippen LogP contribution in [0.25, 0.3) is 5.65 Å². The number of rotatable bonds is 3. The number of piperidine rings is 1. The number of hydrogen-bond donors (Lipinski definition) is 1. The van der Waals surface area contributed by atoms with E-state index in [1.165, 1.54) is 19.3 Å². The van der Waals surface area contributed by atoms with Crippen molar-refractivity contribution in [2.24, 2.45) is 0 Å². The molecular formula is C15H19N3O2. The van der Waals surface area contributed by atoms with Crippen LogP contribution in [-0.2, 0) is 0 Å². The third-order valence-electron chi connectivity index (χ3n) is 4.08. The third kappa shape index (κ3) is 2.24. The number of carboxylic acids is 1. The molecule has 2 aromatic rings. The molecule has 1 aliphatic rings. The van der Waals surface area contributed by atoms with Crippen molar-refractivity contribution in [2.45, 2.75) is 38.6 Å². The monoisotopic (exact) mass is 273 g/mol. The molecule has 1 aliphatic heterocycles. The maximum absolute atomic E-state index is 11.0. The summed E-state index contributed by atoms with van der Waals surface area (Å²) in [5, 5.41) is 9.00. The number of pyridine rings is 1. The molecule has 0 amide bonds. The number of aromatic nitrogens is 2. The number of anilines is 1. The van der Waals surface area contributed by atoms with Gasteiger partial charge >= 0.3 is 5.97 Å². The number of hydrogen-bond acceptors (Lipinski definition) is 3. The van der Waals surface area contributed by atoms with E-state index in [9.17, 15) is 4.79 Å². The molecule has 106 valence electrons. The van der Waals surface area contributed by atoms with Crippen LogP contribution >= 0.6 is 0 Å². The van der Waals surface area contributed by atoms with Crippen LogP contribution in [0.2, 0.25) is 0 Å². The van der Waals surface area contributed by atoms with E-state index in [1.807, 2.05) is 18.3 Å². The molecule has 1 N–H and O–H groups in total. The number of fused-ring (bicyclic) bond motifs is 1. The molecule has 1 fully saturated rings. The van der Waals surface area contributed by atoms with Gasteiger partial charge in [0, 0.05) is 25.0 Å². The van der Waals surface area contributed by atoms with Crippen LogP contribution < -0.4 is 4.90 Å². The molecule has 1 unspecified atom stereocenters. The van der Waals surface area contributed by atoms with Crippen molar-refractivity contribution in [3.05, 3.63) is 30.2 Å². The van der Waals surface area contributed by atoms with Gasteiger partial charge in [-0.25, -0.2) is 9.78 Å². The summed E-state index contributed by atoms with van der Waals surface area (Å²) in [6.07, 6.45) is 8.46. The minimum atomic E-state index is -0.986. The summed E-state index contributed by atoms with van der Waals surface area (Å²) in [6, 6.07) is 4.52. The Balaban J connectivity index is 1.97. The van der Waals surface area contributed by atoms with E-state index in [1.54, 1.807) is 10.6 Å². The summed E-state index contributed by atoms with van der Waals surface area (Å²) < 4.78 is 1.81. The Morgan fingerprint density at radius 3 is 3.00 bits per heavy atom. The first-order chi connectivity index (χ1) is 9.69. The van der Waals surface area contributed by atoms with Gasteiger partial charge in [0.05, 0.1) is 5.69 Å². The fraction of sp³-hybridized carbons (Fsp3) is 0.467. The van der Waals surface area contributed by atoms with Crippen molar-refractivity contribution in [1.82, 2.24) is 9.38 Å². The van der Waals surface area contributed by atoms with Crippen LogP contribution in [-0.4, -0.2) is 33.0 Å². The molecule has 1 atom stereocenters. The molecule has 5 heteroatoms. The first-order valence-corrected chi connectivity index (χ1v) is 7.17. The SMILES string of the molecule is CCC1CCCCN1c1ccc2nc(C(=O)O)cn2c1. The fourth-order valence-corrected chi connectivity index (χ4v) is 3.02. The molecule has 0 bridgehead atoms. The Morgan fingerprint density at radius 2 is 2.25 bits per heavy atom. The fourth-order valence-electron chi connectivity index (χ4n) is 3.02. The lowest BCUT2D eigenvalue weighted by atomic mass is 9.99. The van der Waals surface area contributed by atoms with Crippen molar-refractivity contribution in [2.75, 3.05) is 11.4 Å². The average molecular weight is 273 g/mol. The van der Waals surface area contributed by atoms with Crippen molar-refractivity contribution >= 4 is 17.3 Å². The van der Waals surface area contributed by atoms with Gasteiger partial charge in [-0.2, -0.15) is 0 Å². The Hall–Kier alpha value is -2.04. The van der Waals surface area contributed by atoms with Gasteiger partial charge in [-0.1, -0.05) is 6.92 Å². The van der Waals surface area contributed by atoms with Crippen LogP contribution in [0.15, 0.2) is 24.5 Å². The lowest BCUT2D eigenvalue weighted by Crippen LogP contribution is -2.39. The van der Waals surface area contributed by atoms with E-state index < -0.39 is 5.97 Å². The zero-order chi connectivity index (χ0) is 14.1. The van der Waals surface area contributed by atoms with E-state index in [2.05, 4.69) is 16.8 Å². The first-order valence-electron chi connectivity index (χ1n) is 7.17. The van der Waals surface area contributed by atoms with Crippen LogP contribution in [0.3, 0.4) is 0 Å². The second-order valence-corrected chi connectivity index (χ2v) is 5.34. The Labute approximate surface area is 117 Å². The summed E-state index contributed by atoms with van der Waals surface area (Å²) in [7, 11) is 0. The third-order valence-corrected chi connectivity index (χ3v) is 4.08. The summed E-state index contributed by atoms with van der Waals surface area (Å²) in [6.45, 7) is 3.30. The molecule has 0 radical (unpaired) electrons. The highest BCUT2D eigenvalue weighted by Gasteiger charge is 2.21. The number of aromatic carboxylic acids is 1. The zero-order valence-corrected chi connectivity index (χ0v) is 11.6. The Kier molecular flexibility index (Phi) is 3.34. The summed E-state index contributed by atoms with van der Waals surface area (Å²) in [5.41, 5.74) is 1.92. The predicted octanol–water partition coefficient (Wildman–Crippen LogP) is 2.80. The average Bonchev–Trinajstić information content (AvgIpc) is 2.90. The molecule has 5 nitrogen and oxygen atoms in total. The second-order valence-electron chi connectivity index (χ2n) is 5.34. The number of imidazole rings is 1. The topological polar surface area (TPSA) is 57.8 Å². The number of nitrogens with zero attached hydrogens (tertiary/aromatic N) is 3. The Bertz CT molecular complexity index is 635. The van der Waals surface area contributed by atoms with E-state index in [4.69, 9.17) is 5.11 Å². The molecule has 0 saturated carbocycles. The highest BCUT2D eigenvalue weighted by Crippen LogP contribution is 2.26. The number of carboxylic acid groups (broad SMARTS) is 1. The quantitative estimate of drug-likeness (QED) is 0.934. The molecule has 1 saturated heterocycles. The molecule has 2 aromatic heterocycles. The molecule has 20 heavy (non-hydrogen) atoms. The number of carbonyl (C=O) groups is 1. The van der Waals surface area contributed by atoms with Gasteiger partial charge in [-0.05, 0) is 37.8 Å². The molecule has 0 spiro atoms. The smallest absolute Gasteiger partial charge is 0.356 e. The van der Waals surface area contributed by atoms with Gasteiger partial charge in [-0.3, -0.25) is 0 Å². The van der Waals surface area contributed by atoms with Crippen molar-refractivity contribution in [3.63, 3.8) is 0 Å². The van der Waals surface area contributed by atoms with Gasteiger partial charge < -0.3 is 14.4 Å². The second kappa shape index (κ2) is 5.15. The normalized spacial score (nSPS) is 19.4.